The van der Waals surface area contributed by atoms with E-state index in [-0.39, 0.29) is 10.8 Å². The SMILES string of the molecule is CC1(C)c2ccccc2-c2c(-c3ccc(N(c4cccc(-c5cccc6c5c5ccccc5n6-c5ccccc5)c4)c4cccc5c4-c4ccccc4C5(C)C)cc3)cccc21. The predicted octanol–water partition coefficient (Wildman–Crippen LogP) is 16.2. The molecule has 0 radical (unpaired) electrons. The Balaban J connectivity index is 1.06. The average Bonchev–Trinajstić information content (AvgIpc) is 3.87. The maximum atomic E-state index is 2.49. The van der Waals surface area contributed by atoms with Gasteiger partial charge in [-0.2, -0.15) is 0 Å². The van der Waals surface area contributed by atoms with E-state index < -0.39 is 0 Å². The van der Waals surface area contributed by atoms with Gasteiger partial charge < -0.3 is 9.47 Å². The number of fused-ring (bicyclic) bond motifs is 9. The molecule has 1 heterocycles. The highest BCUT2D eigenvalue weighted by Crippen LogP contribution is 2.55. The van der Waals surface area contributed by atoms with Crippen LogP contribution in [0.5, 0.6) is 0 Å². The van der Waals surface area contributed by atoms with Gasteiger partial charge >= 0.3 is 0 Å². The minimum Gasteiger partial charge on any atom is -0.310 e. The minimum atomic E-state index is -0.125. The fourth-order valence-corrected chi connectivity index (χ4v) is 11.1. The maximum Gasteiger partial charge on any atom is 0.0547 e. The van der Waals surface area contributed by atoms with E-state index in [1.807, 2.05) is 0 Å². The number of benzene rings is 9. The summed E-state index contributed by atoms with van der Waals surface area (Å²) in [5.74, 6) is 0. The number of para-hydroxylation sites is 2. The molecule has 0 saturated carbocycles. The molecule has 2 aliphatic carbocycles. The summed E-state index contributed by atoms with van der Waals surface area (Å²) in [6.07, 6.45) is 0. The van der Waals surface area contributed by atoms with Crippen LogP contribution in [0.15, 0.2) is 206 Å². The lowest BCUT2D eigenvalue weighted by Gasteiger charge is -2.29. The van der Waals surface area contributed by atoms with Gasteiger partial charge in [0.1, 0.15) is 0 Å². The van der Waals surface area contributed by atoms with Crippen LogP contribution in [0.2, 0.25) is 0 Å². The number of aromatic nitrogens is 1. The standard InChI is InChI=1S/C60H46N2/c1-59(2)49-27-11-8-22-46(49)56-44(25-15-29-51(56)59)39-34-36-42(37-35-39)61(55-33-17-30-52-58(55)47-23-9-12-28-50(47)60(52,3)4)43-21-14-18-40(38-43)45-26-16-32-54-57(45)48-24-10-13-31-53(48)62(54)41-19-6-5-7-20-41/h5-38H,1-4H3. The molecule has 0 atom stereocenters. The molecule has 2 nitrogen and oxygen atoms in total. The molecule has 0 fully saturated rings. The number of hydrogen-bond donors (Lipinski definition) is 0. The van der Waals surface area contributed by atoms with E-state index >= 15 is 0 Å². The van der Waals surface area contributed by atoms with Crippen LogP contribution in [0.25, 0.3) is 72.0 Å². The fraction of sp³-hybridized carbons (Fsp3) is 0.100. The molecule has 62 heavy (non-hydrogen) atoms. The lowest BCUT2D eigenvalue weighted by atomic mass is 9.82. The van der Waals surface area contributed by atoms with E-state index in [0.717, 1.165) is 17.1 Å². The van der Waals surface area contributed by atoms with Crippen molar-refractivity contribution in [2.24, 2.45) is 0 Å². The molecule has 12 rings (SSSR count). The van der Waals surface area contributed by atoms with Crippen LogP contribution in [0.3, 0.4) is 0 Å². The normalized spacial score (nSPS) is 14.1. The summed E-state index contributed by atoms with van der Waals surface area (Å²) in [5, 5.41) is 2.51. The monoisotopic (exact) mass is 794 g/mol. The molecule has 1 aromatic heterocycles. The van der Waals surface area contributed by atoms with Gasteiger partial charge in [-0.25, -0.2) is 0 Å². The number of nitrogens with zero attached hydrogens (tertiary/aromatic N) is 2. The Hall–Kier alpha value is -7.42. The summed E-state index contributed by atoms with van der Waals surface area (Å²) < 4.78 is 2.40. The first kappa shape index (κ1) is 36.4. The molecule has 0 N–H and O–H groups in total. The predicted molar refractivity (Wildman–Crippen MR) is 261 cm³/mol. The molecule has 9 aromatic carbocycles. The summed E-state index contributed by atoms with van der Waals surface area (Å²) in [6, 6.07) is 76.5. The molecule has 2 heteroatoms. The fourth-order valence-electron chi connectivity index (χ4n) is 11.1. The topological polar surface area (TPSA) is 8.17 Å². The molecule has 10 aromatic rings. The van der Waals surface area contributed by atoms with Crippen LogP contribution in [0.1, 0.15) is 49.9 Å². The second-order valence-electron chi connectivity index (χ2n) is 18.1. The Bertz CT molecular complexity index is 3400. The molecular formula is C60H46N2. The Labute approximate surface area is 364 Å². The van der Waals surface area contributed by atoms with E-state index in [0.29, 0.717) is 0 Å². The Kier molecular flexibility index (Phi) is 7.96. The second-order valence-corrected chi connectivity index (χ2v) is 18.1. The van der Waals surface area contributed by atoms with Crippen molar-refractivity contribution in [3.63, 3.8) is 0 Å². The summed E-state index contributed by atoms with van der Waals surface area (Å²) >= 11 is 0. The first-order valence-corrected chi connectivity index (χ1v) is 21.9. The summed E-state index contributed by atoms with van der Waals surface area (Å²) in [7, 11) is 0. The summed E-state index contributed by atoms with van der Waals surface area (Å²) in [6.45, 7) is 9.45. The van der Waals surface area contributed by atoms with Crippen LogP contribution < -0.4 is 4.90 Å². The minimum absolute atomic E-state index is 0.0533. The van der Waals surface area contributed by atoms with Crippen molar-refractivity contribution in [1.29, 1.82) is 0 Å². The van der Waals surface area contributed by atoms with Crippen molar-refractivity contribution in [2.45, 2.75) is 38.5 Å². The van der Waals surface area contributed by atoms with Gasteiger partial charge in [0.05, 0.1) is 16.7 Å². The summed E-state index contributed by atoms with van der Waals surface area (Å²) in [5.41, 5.74) is 22.5. The number of rotatable bonds is 6. The molecule has 0 saturated heterocycles. The van der Waals surface area contributed by atoms with Gasteiger partial charge in [-0.15, -0.1) is 0 Å². The average molecular weight is 795 g/mol. The van der Waals surface area contributed by atoms with Crippen LogP contribution in [0.4, 0.5) is 17.1 Å². The van der Waals surface area contributed by atoms with Crippen LogP contribution in [-0.2, 0) is 10.8 Å². The first-order valence-electron chi connectivity index (χ1n) is 21.9. The maximum absolute atomic E-state index is 2.49. The van der Waals surface area contributed by atoms with E-state index in [1.165, 1.54) is 94.3 Å². The third-order valence-electron chi connectivity index (χ3n) is 14.0. The van der Waals surface area contributed by atoms with E-state index in [9.17, 15) is 0 Å². The van der Waals surface area contributed by atoms with Crippen LogP contribution in [0, 0.1) is 0 Å². The van der Waals surface area contributed by atoms with E-state index in [1.54, 1.807) is 0 Å². The van der Waals surface area contributed by atoms with Crippen LogP contribution >= 0.6 is 0 Å². The number of anilines is 3. The Morgan fingerprint density at radius 3 is 1.68 bits per heavy atom. The molecule has 0 bridgehead atoms. The molecular weight excluding hydrogens is 749 g/mol. The molecule has 0 aliphatic heterocycles. The zero-order valence-electron chi connectivity index (χ0n) is 35.5. The third kappa shape index (κ3) is 5.23. The third-order valence-corrected chi connectivity index (χ3v) is 14.0. The van der Waals surface area contributed by atoms with Gasteiger partial charge in [0.25, 0.3) is 0 Å². The van der Waals surface area contributed by atoms with Crippen molar-refractivity contribution in [3.8, 4) is 50.2 Å². The number of hydrogen-bond acceptors (Lipinski definition) is 1. The van der Waals surface area contributed by atoms with Gasteiger partial charge in [0.2, 0.25) is 0 Å². The highest BCUT2D eigenvalue weighted by atomic mass is 15.1. The van der Waals surface area contributed by atoms with Gasteiger partial charge in [-0.05, 0) is 116 Å². The largest absolute Gasteiger partial charge is 0.310 e. The molecule has 296 valence electrons. The van der Waals surface area contributed by atoms with Crippen molar-refractivity contribution >= 4 is 38.9 Å². The Morgan fingerprint density at radius 2 is 0.919 bits per heavy atom. The van der Waals surface area contributed by atoms with Gasteiger partial charge in [-0.1, -0.05) is 179 Å². The van der Waals surface area contributed by atoms with Crippen molar-refractivity contribution in [1.82, 2.24) is 4.57 Å². The van der Waals surface area contributed by atoms with Crippen molar-refractivity contribution < 1.29 is 0 Å². The van der Waals surface area contributed by atoms with Gasteiger partial charge in [-0.3, -0.25) is 0 Å². The lowest BCUT2D eigenvalue weighted by molar-refractivity contribution is 0.660. The molecule has 0 amide bonds. The van der Waals surface area contributed by atoms with E-state index in [2.05, 4.69) is 243 Å². The smallest absolute Gasteiger partial charge is 0.0547 e. The van der Waals surface area contributed by atoms with E-state index in [4.69, 9.17) is 0 Å². The van der Waals surface area contributed by atoms with Crippen molar-refractivity contribution in [3.05, 3.63) is 229 Å². The quantitative estimate of drug-likeness (QED) is 0.163. The molecule has 0 spiro atoms. The highest BCUT2D eigenvalue weighted by Gasteiger charge is 2.39. The highest BCUT2D eigenvalue weighted by molar-refractivity contribution is 6.16. The molecule has 2 aliphatic rings. The first-order chi connectivity index (χ1) is 30.3. The Morgan fingerprint density at radius 1 is 0.371 bits per heavy atom. The summed E-state index contributed by atoms with van der Waals surface area (Å²) in [4.78, 5) is 2.49. The van der Waals surface area contributed by atoms with Gasteiger partial charge in [0.15, 0.2) is 0 Å². The zero-order chi connectivity index (χ0) is 41.7. The lowest BCUT2D eigenvalue weighted by Crippen LogP contribution is -2.16. The second kappa shape index (κ2) is 13.5. The van der Waals surface area contributed by atoms with Crippen molar-refractivity contribution in [2.75, 3.05) is 4.90 Å². The van der Waals surface area contributed by atoms with Crippen LogP contribution in [-0.4, -0.2) is 4.57 Å². The van der Waals surface area contributed by atoms with Gasteiger partial charge in [0, 0.05) is 44.2 Å². The molecule has 0 unspecified atom stereocenters. The zero-order valence-corrected chi connectivity index (χ0v) is 35.5.